The second kappa shape index (κ2) is 7.28. The molecule has 5 heteroatoms. The summed E-state index contributed by atoms with van der Waals surface area (Å²) in [5.74, 6) is 0.857. The van der Waals surface area contributed by atoms with E-state index in [-0.39, 0.29) is 5.91 Å². The smallest absolute Gasteiger partial charge is 0.219 e. The van der Waals surface area contributed by atoms with Gasteiger partial charge >= 0.3 is 0 Å². The van der Waals surface area contributed by atoms with E-state index in [1.54, 1.807) is 6.92 Å². The molecule has 0 saturated carbocycles. The topological polar surface area (TPSA) is 61.6 Å². The van der Waals surface area contributed by atoms with Gasteiger partial charge in [-0.3, -0.25) is 9.69 Å². The number of nitrogens with two attached hydrogens (primary N) is 1. The summed E-state index contributed by atoms with van der Waals surface area (Å²) >= 11 is 0. The van der Waals surface area contributed by atoms with E-state index in [2.05, 4.69) is 10.2 Å². The minimum absolute atomic E-state index is 0.228. The number of amides is 1. The van der Waals surface area contributed by atoms with Crippen molar-refractivity contribution in [2.75, 3.05) is 32.7 Å². The van der Waals surface area contributed by atoms with Gasteiger partial charge in [0.05, 0.1) is 0 Å². The molecule has 0 spiro atoms. The zero-order valence-electron chi connectivity index (χ0n) is 14.0. The Morgan fingerprint density at radius 1 is 1.23 bits per heavy atom. The van der Waals surface area contributed by atoms with Gasteiger partial charge in [-0.25, -0.2) is 0 Å². The van der Waals surface area contributed by atoms with E-state index in [1.807, 2.05) is 4.90 Å². The van der Waals surface area contributed by atoms with Crippen LogP contribution in [-0.2, 0) is 4.79 Å². The fourth-order valence-corrected chi connectivity index (χ4v) is 4.71. The van der Waals surface area contributed by atoms with Crippen molar-refractivity contribution in [1.29, 1.82) is 0 Å². The molecule has 22 heavy (non-hydrogen) atoms. The van der Waals surface area contributed by atoms with Crippen LogP contribution in [0.1, 0.15) is 45.4 Å². The monoisotopic (exact) mass is 308 g/mol. The van der Waals surface area contributed by atoms with E-state index < -0.39 is 0 Å². The zero-order chi connectivity index (χ0) is 15.5. The van der Waals surface area contributed by atoms with E-state index in [0.717, 1.165) is 51.2 Å². The Morgan fingerprint density at radius 3 is 2.64 bits per heavy atom. The summed E-state index contributed by atoms with van der Waals surface area (Å²) in [6, 6.07) is 1.90. The van der Waals surface area contributed by atoms with Gasteiger partial charge in [0.2, 0.25) is 5.91 Å². The highest BCUT2D eigenvalue weighted by Crippen LogP contribution is 2.34. The quantitative estimate of drug-likeness (QED) is 0.737. The largest absolute Gasteiger partial charge is 0.343 e. The highest BCUT2D eigenvalue weighted by molar-refractivity contribution is 5.73. The van der Waals surface area contributed by atoms with Crippen LogP contribution in [0.2, 0.25) is 0 Å². The third kappa shape index (κ3) is 3.81. The molecule has 1 amide bonds. The van der Waals surface area contributed by atoms with Gasteiger partial charge < -0.3 is 16.0 Å². The van der Waals surface area contributed by atoms with Gasteiger partial charge in [-0.05, 0) is 51.0 Å². The first-order valence-electron chi connectivity index (χ1n) is 9.11. The lowest BCUT2D eigenvalue weighted by Gasteiger charge is -2.38. The van der Waals surface area contributed by atoms with Crippen LogP contribution in [0.15, 0.2) is 0 Å². The third-order valence-electron chi connectivity index (χ3n) is 5.86. The first kappa shape index (κ1) is 16.2. The van der Waals surface area contributed by atoms with E-state index >= 15 is 0 Å². The zero-order valence-corrected chi connectivity index (χ0v) is 14.0. The fourth-order valence-electron chi connectivity index (χ4n) is 4.71. The van der Waals surface area contributed by atoms with E-state index in [1.165, 1.54) is 32.1 Å². The van der Waals surface area contributed by atoms with Gasteiger partial charge in [0, 0.05) is 51.2 Å². The Hall–Kier alpha value is -0.650. The molecule has 5 nitrogen and oxygen atoms in total. The molecule has 3 aliphatic rings. The Kier molecular flexibility index (Phi) is 5.37. The van der Waals surface area contributed by atoms with E-state index in [9.17, 15) is 4.79 Å². The second-order valence-electron chi connectivity index (χ2n) is 7.53. The summed E-state index contributed by atoms with van der Waals surface area (Å²) in [4.78, 5) is 16.2. The van der Waals surface area contributed by atoms with Gasteiger partial charge in [0.1, 0.15) is 0 Å². The maximum atomic E-state index is 11.5. The molecule has 3 saturated heterocycles. The molecule has 0 radical (unpaired) electrons. The Balaban J connectivity index is 1.35. The number of hydrogen-bond donors (Lipinski definition) is 2. The number of fused-ring (bicyclic) bond motifs is 2. The average molecular weight is 308 g/mol. The molecule has 1 unspecified atom stereocenters. The Morgan fingerprint density at radius 2 is 1.95 bits per heavy atom. The molecule has 4 atom stereocenters. The molecule has 3 heterocycles. The highest BCUT2D eigenvalue weighted by Gasteiger charge is 2.38. The molecule has 0 aromatic rings. The normalized spacial score (nSPS) is 35.8. The van der Waals surface area contributed by atoms with Gasteiger partial charge in [-0.2, -0.15) is 0 Å². The lowest BCUT2D eigenvalue weighted by Crippen LogP contribution is -2.49. The van der Waals surface area contributed by atoms with Gasteiger partial charge in [-0.1, -0.05) is 0 Å². The van der Waals surface area contributed by atoms with Crippen molar-refractivity contribution in [2.24, 2.45) is 11.7 Å². The summed E-state index contributed by atoms with van der Waals surface area (Å²) in [6.07, 6.45) is 7.46. The molecule has 3 rings (SSSR count). The van der Waals surface area contributed by atoms with Gasteiger partial charge in [0.25, 0.3) is 0 Å². The number of carbonyl (C=O) groups is 1. The Labute approximate surface area is 134 Å². The predicted octanol–water partition coefficient (Wildman–Crippen LogP) is 0.789. The van der Waals surface area contributed by atoms with Crippen LogP contribution in [0.25, 0.3) is 0 Å². The van der Waals surface area contributed by atoms with Gasteiger partial charge in [0.15, 0.2) is 0 Å². The molecule has 3 N–H and O–H groups in total. The van der Waals surface area contributed by atoms with Crippen molar-refractivity contribution in [3.8, 4) is 0 Å². The number of likely N-dealkylation sites (tertiary alicyclic amines) is 1. The standard InChI is InChI=1S/C17H32N4O/c1-13(22)20-7-2-3-14(12-20)11-19-6-8-21-16-4-5-17(21)10-15(18)9-16/h14-17,19H,2-12,18H2,1H3/t14-,15?,16-,17+/m1/s1. The maximum Gasteiger partial charge on any atom is 0.219 e. The molecule has 0 aromatic heterocycles. The van der Waals surface area contributed by atoms with Crippen molar-refractivity contribution >= 4 is 5.91 Å². The van der Waals surface area contributed by atoms with Crippen LogP contribution in [0.5, 0.6) is 0 Å². The molecule has 2 bridgehead atoms. The van der Waals surface area contributed by atoms with Crippen LogP contribution >= 0.6 is 0 Å². The molecule has 3 aliphatic heterocycles. The predicted molar refractivity (Wildman–Crippen MR) is 88.6 cm³/mol. The number of nitrogens with zero attached hydrogens (tertiary/aromatic N) is 2. The van der Waals surface area contributed by atoms with Crippen LogP contribution in [0, 0.1) is 5.92 Å². The second-order valence-corrected chi connectivity index (χ2v) is 7.53. The fraction of sp³-hybridized carbons (Fsp3) is 0.941. The molecule has 0 aromatic carbocycles. The summed E-state index contributed by atoms with van der Waals surface area (Å²) in [7, 11) is 0. The average Bonchev–Trinajstić information content (AvgIpc) is 2.74. The lowest BCUT2D eigenvalue weighted by atomic mass is 9.97. The summed E-state index contributed by atoms with van der Waals surface area (Å²) < 4.78 is 0. The van der Waals surface area contributed by atoms with Crippen LogP contribution < -0.4 is 11.1 Å². The third-order valence-corrected chi connectivity index (χ3v) is 5.86. The number of hydrogen-bond acceptors (Lipinski definition) is 4. The minimum Gasteiger partial charge on any atom is -0.343 e. The summed E-state index contributed by atoms with van der Waals surface area (Å²) in [5, 5.41) is 3.63. The number of nitrogens with one attached hydrogen (secondary N) is 1. The summed E-state index contributed by atoms with van der Waals surface area (Å²) in [5.41, 5.74) is 6.13. The SMILES string of the molecule is CC(=O)N1CCC[C@H](CNCCN2[C@@H]3CC[C@H]2CC(N)C3)C1. The van der Waals surface area contributed by atoms with Crippen LogP contribution in [-0.4, -0.2) is 66.6 Å². The van der Waals surface area contributed by atoms with Crippen molar-refractivity contribution in [1.82, 2.24) is 15.1 Å². The molecule has 0 aliphatic carbocycles. The lowest BCUT2D eigenvalue weighted by molar-refractivity contribution is -0.130. The Bertz CT molecular complexity index is 375. The number of carbonyl (C=O) groups excluding carboxylic acids is 1. The van der Waals surface area contributed by atoms with Gasteiger partial charge in [-0.15, -0.1) is 0 Å². The van der Waals surface area contributed by atoms with Crippen molar-refractivity contribution in [2.45, 2.75) is 63.6 Å². The van der Waals surface area contributed by atoms with Crippen LogP contribution in [0.4, 0.5) is 0 Å². The minimum atomic E-state index is 0.228. The van der Waals surface area contributed by atoms with E-state index in [0.29, 0.717) is 12.0 Å². The maximum absolute atomic E-state index is 11.5. The molecule has 126 valence electrons. The van der Waals surface area contributed by atoms with Crippen molar-refractivity contribution in [3.63, 3.8) is 0 Å². The van der Waals surface area contributed by atoms with Crippen molar-refractivity contribution in [3.05, 3.63) is 0 Å². The van der Waals surface area contributed by atoms with Crippen LogP contribution in [0.3, 0.4) is 0 Å². The first-order chi connectivity index (χ1) is 10.6. The number of rotatable bonds is 5. The first-order valence-corrected chi connectivity index (χ1v) is 9.11. The highest BCUT2D eigenvalue weighted by atomic mass is 16.2. The summed E-state index contributed by atoms with van der Waals surface area (Å²) in [6.45, 7) is 6.85. The number of piperidine rings is 2. The molecular weight excluding hydrogens is 276 g/mol. The van der Waals surface area contributed by atoms with E-state index in [4.69, 9.17) is 5.73 Å². The van der Waals surface area contributed by atoms with Crippen molar-refractivity contribution < 1.29 is 4.79 Å². The molecular formula is C17H32N4O. The molecule has 3 fully saturated rings.